The Morgan fingerprint density at radius 2 is 2.00 bits per heavy atom. The zero-order valence-electron chi connectivity index (χ0n) is 13.4. The van der Waals surface area contributed by atoms with Gasteiger partial charge in [0, 0.05) is 11.8 Å². The fourth-order valence-electron chi connectivity index (χ4n) is 3.34. The van der Waals surface area contributed by atoms with Crippen molar-refractivity contribution in [2.45, 2.75) is 43.4 Å². The first kappa shape index (κ1) is 18.3. The van der Waals surface area contributed by atoms with Crippen LogP contribution in [0.25, 0.3) is 0 Å². The first-order chi connectivity index (χ1) is 12.0. The van der Waals surface area contributed by atoms with E-state index in [4.69, 9.17) is 18.9 Å². The Labute approximate surface area is 144 Å². The average molecular weight is 358 g/mol. The summed E-state index contributed by atoms with van der Waals surface area (Å²) in [5, 5.41) is 38.9. The molecule has 0 aromatic carbocycles. The lowest BCUT2D eigenvalue weighted by molar-refractivity contribution is -0.339. The van der Waals surface area contributed by atoms with Gasteiger partial charge in [0.15, 0.2) is 6.29 Å². The lowest BCUT2D eigenvalue weighted by Crippen LogP contribution is -2.60. The Balaban J connectivity index is 1.75. The number of ether oxygens (including phenoxy) is 4. The topological polar surface area (TPSA) is 135 Å². The molecule has 0 unspecified atom stereocenters. The normalized spacial score (nSPS) is 44.2. The summed E-state index contributed by atoms with van der Waals surface area (Å²) in [6.45, 7) is 3.47. The van der Waals surface area contributed by atoms with Crippen LogP contribution in [-0.4, -0.2) is 76.6 Å². The monoisotopic (exact) mass is 358 g/mol. The summed E-state index contributed by atoms with van der Waals surface area (Å²) >= 11 is 0. The van der Waals surface area contributed by atoms with Gasteiger partial charge >= 0.3 is 5.97 Å². The molecule has 0 radical (unpaired) electrons. The van der Waals surface area contributed by atoms with Crippen LogP contribution in [0.4, 0.5) is 0 Å². The molecule has 3 aliphatic rings. The van der Waals surface area contributed by atoms with Gasteiger partial charge in [-0.1, -0.05) is 6.08 Å². The Kier molecular flexibility index (Phi) is 5.42. The molecule has 9 heteroatoms. The van der Waals surface area contributed by atoms with E-state index in [0.29, 0.717) is 12.0 Å². The predicted octanol–water partition coefficient (Wildman–Crippen LogP) is -1.59. The van der Waals surface area contributed by atoms with Gasteiger partial charge < -0.3 is 39.4 Å². The van der Waals surface area contributed by atoms with E-state index in [2.05, 4.69) is 6.58 Å². The van der Waals surface area contributed by atoms with Crippen molar-refractivity contribution in [1.29, 1.82) is 0 Å². The van der Waals surface area contributed by atoms with Crippen LogP contribution in [0.1, 0.15) is 6.42 Å². The van der Waals surface area contributed by atoms with E-state index in [0.717, 1.165) is 0 Å². The Hall–Kier alpha value is -1.49. The molecule has 0 amide bonds. The number of rotatable bonds is 4. The summed E-state index contributed by atoms with van der Waals surface area (Å²) in [6.07, 6.45) is -4.44. The molecule has 8 atom stereocenters. The van der Waals surface area contributed by atoms with E-state index < -0.39 is 55.5 Å². The van der Waals surface area contributed by atoms with Gasteiger partial charge in [0.05, 0.1) is 25.0 Å². The van der Waals surface area contributed by atoms with E-state index in [1.165, 1.54) is 6.26 Å². The number of fused-ring (bicyclic) bond motifs is 1. The highest BCUT2D eigenvalue weighted by atomic mass is 16.8. The maximum Gasteiger partial charge on any atom is 0.337 e. The van der Waals surface area contributed by atoms with Crippen molar-refractivity contribution < 1.29 is 44.2 Å². The second kappa shape index (κ2) is 7.40. The Bertz CT molecular complexity index is 546. The maximum atomic E-state index is 11.8. The number of carbonyl (C=O) groups is 1. The first-order valence-electron chi connectivity index (χ1n) is 8.09. The van der Waals surface area contributed by atoms with Gasteiger partial charge in [-0.15, -0.1) is 6.58 Å². The number of aliphatic hydroxyl groups excluding tert-OH is 4. The molecule has 0 aliphatic carbocycles. The number of aliphatic hydroxyl groups is 4. The zero-order valence-corrected chi connectivity index (χ0v) is 13.4. The maximum absolute atomic E-state index is 11.8. The molecule has 0 bridgehead atoms. The first-order valence-corrected chi connectivity index (χ1v) is 8.09. The summed E-state index contributed by atoms with van der Waals surface area (Å²) in [4.78, 5) is 11.8. The molecule has 0 aromatic heterocycles. The molecule has 25 heavy (non-hydrogen) atoms. The van der Waals surface area contributed by atoms with Crippen LogP contribution < -0.4 is 0 Å². The molecule has 0 saturated carbocycles. The van der Waals surface area contributed by atoms with E-state index in [1.54, 1.807) is 6.08 Å². The van der Waals surface area contributed by atoms with E-state index in [-0.39, 0.29) is 12.5 Å². The third-order valence-corrected chi connectivity index (χ3v) is 4.79. The fourth-order valence-corrected chi connectivity index (χ4v) is 3.34. The van der Waals surface area contributed by atoms with Crippen molar-refractivity contribution in [1.82, 2.24) is 0 Å². The summed E-state index contributed by atoms with van der Waals surface area (Å²) in [5.41, 5.74) is 0.393. The largest absolute Gasteiger partial charge is 0.471 e. The minimum Gasteiger partial charge on any atom is -0.471 e. The van der Waals surface area contributed by atoms with E-state index in [1.807, 2.05) is 0 Å². The third kappa shape index (κ3) is 3.31. The van der Waals surface area contributed by atoms with E-state index >= 15 is 0 Å². The molecule has 0 spiro atoms. The molecule has 140 valence electrons. The van der Waals surface area contributed by atoms with Crippen LogP contribution in [0.3, 0.4) is 0 Å². The van der Waals surface area contributed by atoms with Crippen molar-refractivity contribution in [2.75, 3.05) is 13.2 Å². The van der Waals surface area contributed by atoms with Crippen LogP contribution >= 0.6 is 0 Å². The minimum absolute atomic E-state index is 0.206. The Morgan fingerprint density at radius 3 is 2.68 bits per heavy atom. The molecule has 2 fully saturated rings. The molecule has 3 rings (SSSR count). The van der Waals surface area contributed by atoms with Gasteiger partial charge in [-0.3, -0.25) is 0 Å². The fraction of sp³-hybridized carbons (Fsp3) is 0.688. The quantitative estimate of drug-likeness (QED) is 0.346. The van der Waals surface area contributed by atoms with Crippen LogP contribution in [-0.2, 0) is 23.7 Å². The number of hydrogen-bond donors (Lipinski definition) is 4. The number of esters is 1. The summed E-state index contributed by atoms with van der Waals surface area (Å²) < 4.78 is 21.4. The number of cyclic esters (lactones) is 1. The van der Waals surface area contributed by atoms with Crippen LogP contribution in [0.5, 0.6) is 0 Å². The van der Waals surface area contributed by atoms with Gasteiger partial charge in [-0.25, -0.2) is 4.79 Å². The lowest BCUT2D eigenvalue weighted by atomic mass is 9.81. The van der Waals surface area contributed by atoms with Crippen LogP contribution in [0.2, 0.25) is 0 Å². The molecular formula is C16H22O9. The molecule has 4 N–H and O–H groups in total. The van der Waals surface area contributed by atoms with Gasteiger partial charge in [0.1, 0.15) is 24.4 Å². The van der Waals surface area contributed by atoms with Gasteiger partial charge in [0.25, 0.3) is 0 Å². The second-order valence-electron chi connectivity index (χ2n) is 6.26. The highest BCUT2D eigenvalue weighted by Crippen LogP contribution is 2.38. The van der Waals surface area contributed by atoms with Crippen molar-refractivity contribution in [3.63, 3.8) is 0 Å². The third-order valence-electron chi connectivity index (χ3n) is 4.79. The predicted molar refractivity (Wildman–Crippen MR) is 80.6 cm³/mol. The summed E-state index contributed by atoms with van der Waals surface area (Å²) in [6, 6.07) is 0. The zero-order chi connectivity index (χ0) is 18.1. The molecule has 2 saturated heterocycles. The minimum atomic E-state index is -1.54. The molecule has 9 nitrogen and oxygen atoms in total. The smallest absolute Gasteiger partial charge is 0.337 e. The highest BCUT2D eigenvalue weighted by Gasteiger charge is 2.48. The number of hydrogen-bond acceptors (Lipinski definition) is 9. The van der Waals surface area contributed by atoms with Gasteiger partial charge in [-0.05, 0) is 6.42 Å². The van der Waals surface area contributed by atoms with Crippen molar-refractivity contribution >= 4 is 5.97 Å². The van der Waals surface area contributed by atoms with Gasteiger partial charge in [-0.2, -0.15) is 0 Å². The van der Waals surface area contributed by atoms with Crippen molar-refractivity contribution in [3.05, 3.63) is 24.5 Å². The molecular weight excluding hydrogens is 336 g/mol. The second-order valence-corrected chi connectivity index (χ2v) is 6.26. The highest BCUT2D eigenvalue weighted by molar-refractivity contribution is 5.89. The van der Waals surface area contributed by atoms with Crippen molar-refractivity contribution in [3.8, 4) is 0 Å². The standard InChI is InChI=1S/C16H22O9/c1-2-7-8-3-4-22-14(21)9(8)6-23-15(7)25-16-13(20)12(19)11(18)10(5-17)24-16/h2,6-8,10-13,15-20H,1,3-5H2/t7-,8-,10+,11+,12-,13+,15-,16-/m0/s1. The van der Waals surface area contributed by atoms with Crippen LogP contribution in [0.15, 0.2) is 24.5 Å². The van der Waals surface area contributed by atoms with Crippen LogP contribution in [0, 0.1) is 11.8 Å². The molecule has 0 aromatic rings. The Morgan fingerprint density at radius 1 is 1.24 bits per heavy atom. The average Bonchev–Trinajstić information content (AvgIpc) is 2.62. The molecule has 3 aliphatic heterocycles. The van der Waals surface area contributed by atoms with E-state index in [9.17, 15) is 25.2 Å². The number of carbonyl (C=O) groups excluding carboxylic acids is 1. The lowest BCUT2D eigenvalue weighted by Gasteiger charge is -2.43. The molecule has 3 heterocycles. The SMILES string of the molecule is C=C[C@@H]1[C@H](O[C@@H]2O[C@H](CO)[C@@H](O)[C@H](O)[C@H]2O)OC=C2C(=O)OCC[C@H]21. The summed E-state index contributed by atoms with van der Waals surface area (Å²) in [5.74, 6) is -1.06. The summed E-state index contributed by atoms with van der Waals surface area (Å²) in [7, 11) is 0. The van der Waals surface area contributed by atoms with Crippen molar-refractivity contribution in [2.24, 2.45) is 11.8 Å². The van der Waals surface area contributed by atoms with Gasteiger partial charge in [0.2, 0.25) is 6.29 Å².